The molecular weight excluding hydrogens is 240 g/mol. The summed E-state index contributed by atoms with van der Waals surface area (Å²) in [7, 11) is 1.70. The second-order valence-electron chi connectivity index (χ2n) is 5.08. The van der Waals surface area contributed by atoms with Crippen LogP contribution in [0.4, 0.5) is 0 Å². The molecule has 1 fully saturated rings. The van der Waals surface area contributed by atoms with Gasteiger partial charge in [0.1, 0.15) is 0 Å². The van der Waals surface area contributed by atoms with E-state index in [4.69, 9.17) is 10.5 Å². The van der Waals surface area contributed by atoms with Gasteiger partial charge >= 0.3 is 0 Å². The lowest BCUT2D eigenvalue weighted by Gasteiger charge is -2.33. The first-order valence-electron chi connectivity index (χ1n) is 6.82. The van der Waals surface area contributed by atoms with Gasteiger partial charge in [-0.1, -0.05) is 30.3 Å². The molecule has 0 unspecified atom stereocenters. The van der Waals surface area contributed by atoms with Gasteiger partial charge in [0, 0.05) is 20.2 Å². The van der Waals surface area contributed by atoms with Gasteiger partial charge in [-0.05, 0) is 24.8 Å². The van der Waals surface area contributed by atoms with Crippen molar-refractivity contribution in [1.29, 1.82) is 0 Å². The zero-order valence-corrected chi connectivity index (χ0v) is 11.4. The lowest BCUT2D eigenvalue weighted by atomic mass is 10.0. The van der Waals surface area contributed by atoms with Crippen LogP contribution in [0.25, 0.3) is 0 Å². The van der Waals surface area contributed by atoms with Crippen molar-refractivity contribution in [2.45, 2.75) is 31.4 Å². The number of hydrogen-bond acceptors (Lipinski definition) is 3. The number of nitrogens with two attached hydrogens (primary N) is 1. The Balaban J connectivity index is 1.91. The van der Waals surface area contributed by atoms with Crippen molar-refractivity contribution in [3.05, 3.63) is 35.9 Å². The average Bonchev–Trinajstić information content (AvgIpc) is 2.47. The number of likely N-dealkylation sites (tertiary alicyclic amines) is 1. The number of nitrogens with zero attached hydrogens (tertiary/aromatic N) is 1. The minimum Gasteiger partial charge on any atom is -0.380 e. The Hall–Kier alpha value is -1.39. The molecule has 2 N–H and O–H groups in total. The predicted octanol–water partition coefficient (Wildman–Crippen LogP) is 1.19. The van der Waals surface area contributed by atoms with Crippen molar-refractivity contribution < 1.29 is 9.53 Å². The van der Waals surface area contributed by atoms with Gasteiger partial charge in [0.15, 0.2) is 0 Å². The van der Waals surface area contributed by atoms with Gasteiger partial charge in [0.25, 0.3) is 0 Å². The Morgan fingerprint density at radius 1 is 1.47 bits per heavy atom. The average molecular weight is 262 g/mol. The number of ether oxygens (including phenoxy) is 1. The van der Waals surface area contributed by atoms with Gasteiger partial charge in [0.2, 0.25) is 5.91 Å². The Morgan fingerprint density at radius 3 is 2.89 bits per heavy atom. The molecule has 1 saturated heterocycles. The molecule has 0 saturated carbocycles. The molecule has 1 aromatic carbocycles. The first kappa shape index (κ1) is 14.0. The second kappa shape index (κ2) is 6.68. The molecule has 1 aromatic rings. The second-order valence-corrected chi connectivity index (χ2v) is 5.08. The van der Waals surface area contributed by atoms with Crippen molar-refractivity contribution in [1.82, 2.24) is 4.90 Å². The lowest BCUT2D eigenvalue weighted by Crippen LogP contribution is -2.50. The highest BCUT2D eigenvalue weighted by Gasteiger charge is 2.26. The minimum atomic E-state index is -0.460. The van der Waals surface area contributed by atoms with E-state index in [1.54, 1.807) is 7.11 Å². The number of benzene rings is 1. The zero-order chi connectivity index (χ0) is 13.7. The number of carbonyl (C=O) groups is 1. The van der Waals surface area contributed by atoms with Crippen molar-refractivity contribution in [3.63, 3.8) is 0 Å². The maximum atomic E-state index is 12.3. The van der Waals surface area contributed by atoms with Crippen LogP contribution in [-0.2, 0) is 16.0 Å². The summed E-state index contributed by atoms with van der Waals surface area (Å²) in [5.41, 5.74) is 7.14. The fourth-order valence-electron chi connectivity index (χ4n) is 2.52. The van der Waals surface area contributed by atoms with Crippen LogP contribution in [0.3, 0.4) is 0 Å². The van der Waals surface area contributed by atoms with Crippen molar-refractivity contribution in [3.8, 4) is 0 Å². The Morgan fingerprint density at radius 2 is 2.21 bits per heavy atom. The number of hydrogen-bond donors (Lipinski definition) is 1. The Kier molecular flexibility index (Phi) is 4.93. The third-order valence-corrected chi connectivity index (χ3v) is 3.64. The normalized spacial score (nSPS) is 21.2. The molecule has 0 bridgehead atoms. The van der Waals surface area contributed by atoms with Crippen LogP contribution < -0.4 is 5.73 Å². The van der Waals surface area contributed by atoms with E-state index < -0.39 is 6.04 Å². The quantitative estimate of drug-likeness (QED) is 0.887. The van der Waals surface area contributed by atoms with Gasteiger partial charge < -0.3 is 15.4 Å². The third kappa shape index (κ3) is 3.78. The predicted molar refractivity (Wildman–Crippen MR) is 74.7 cm³/mol. The van der Waals surface area contributed by atoms with Crippen LogP contribution in [0.2, 0.25) is 0 Å². The van der Waals surface area contributed by atoms with Crippen LogP contribution >= 0.6 is 0 Å². The van der Waals surface area contributed by atoms with Crippen molar-refractivity contribution in [2.24, 2.45) is 5.73 Å². The molecule has 4 nitrogen and oxygen atoms in total. The molecule has 2 atom stereocenters. The fraction of sp³-hybridized carbons (Fsp3) is 0.533. The Bertz CT molecular complexity index is 408. The molecule has 1 aliphatic heterocycles. The molecule has 19 heavy (non-hydrogen) atoms. The molecule has 0 aliphatic carbocycles. The smallest absolute Gasteiger partial charge is 0.239 e. The molecule has 0 spiro atoms. The van der Waals surface area contributed by atoms with E-state index in [0.29, 0.717) is 13.0 Å². The van der Waals surface area contributed by atoms with Gasteiger partial charge in [-0.3, -0.25) is 4.79 Å². The van der Waals surface area contributed by atoms with E-state index in [1.165, 1.54) is 0 Å². The molecule has 0 aromatic heterocycles. The molecule has 104 valence electrons. The summed E-state index contributed by atoms with van der Waals surface area (Å²) in [4.78, 5) is 14.1. The number of carbonyl (C=O) groups excluding carboxylic acids is 1. The molecule has 1 aliphatic rings. The highest BCUT2D eigenvalue weighted by atomic mass is 16.5. The summed E-state index contributed by atoms with van der Waals surface area (Å²) in [5, 5.41) is 0. The van der Waals surface area contributed by atoms with E-state index >= 15 is 0 Å². The van der Waals surface area contributed by atoms with Crippen LogP contribution in [0, 0.1) is 0 Å². The fourth-order valence-corrected chi connectivity index (χ4v) is 2.52. The maximum Gasteiger partial charge on any atom is 0.239 e. The monoisotopic (exact) mass is 262 g/mol. The number of rotatable bonds is 4. The van der Waals surface area contributed by atoms with Crippen molar-refractivity contribution in [2.75, 3.05) is 20.2 Å². The van der Waals surface area contributed by atoms with Gasteiger partial charge in [-0.15, -0.1) is 0 Å². The van der Waals surface area contributed by atoms with Crippen molar-refractivity contribution >= 4 is 5.91 Å². The van der Waals surface area contributed by atoms with Crippen LogP contribution in [0.1, 0.15) is 18.4 Å². The standard InChI is InChI=1S/C15H22N2O2/c1-19-13-8-5-9-17(11-13)15(18)14(16)10-12-6-3-2-4-7-12/h2-4,6-7,13-14H,5,8-11,16H2,1H3/t13-,14-/m1/s1. The lowest BCUT2D eigenvalue weighted by molar-refractivity contribution is -0.136. The summed E-state index contributed by atoms with van der Waals surface area (Å²) >= 11 is 0. The summed E-state index contributed by atoms with van der Waals surface area (Å²) in [6.45, 7) is 1.46. The summed E-state index contributed by atoms with van der Waals surface area (Å²) in [6, 6.07) is 9.44. The van der Waals surface area contributed by atoms with E-state index in [2.05, 4.69) is 0 Å². The molecule has 4 heteroatoms. The zero-order valence-electron chi connectivity index (χ0n) is 11.4. The minimum absolute atomic E-state index is 0.0330. The van der Waals surface area contributed by atoms with E-state index in [-0.39, 0.29) is 12.0 Å². The number of amides is 1. The van der Waals surface area contributed by atoms with E-state index in [0.717, 1.165) is 24.9 Å². The molecule has 0 radical (unpaired) electrons. The summed E-state index contributed by atoms with van der Waals surface area (Å²) in [5.74, 6) is 0.0330. The van der Waals surface area contributed by atoms with E-state index in [9.17, 15) is 4.79 Å². The largest absolute Gasteiger partial charge is 0.380 e. The third-order valence-electron chi connectivity index (χ3n) is 3.64. The maximum absolute atomic E-state index is 12.3. The highest BCUT2D eigenvalue weighted by Crippen LogP contribution is 2.14. The van der Waals surface area contributed by atoms with Gasteiger partial charge in [0.05, 0.1) is 12.1 Å². The number of piperidine rings is 1. The van der Waals surface area contributed by atoms with Crippen LogP contribution in [0.15, 0.2) is 30.3 Å². The Labute approximate surface area is 114 Å². The van der Waals surface area contributed by atoms with E-state index in [1.807, 2.05) is 35.2 Å². The highest BCUT2D eigenvalue weighted by molar-refractivity contribution is 5.82. The summed E-state index contributed by atoms with van der Waals surface area (Å²) in [6.07, 6.45) is 2.76. The first-order chi connectivity index (χ1) is 9.20. The SMILES string of the molecule is CO[C@@H]1CCCN(C(=O)[C@H](N)Cc2ccccc2)C1. The summed E-state index contributed by atoms with van der Waals surface area (Å²) < 4.78 is 5.33. The molecular formula is C15H22N2O2. The van der Waals surface area contributed by atoms with Crippen LogP contribution in [-0.4, -0.2) is 43.2 Å². The topological polar surface area (TPSA) is 55.6 Å². The molecule has 2 rings (SSSR count). The van der Waals surface area contributed by atoms with Crippen LogP contribution in [0.5, 0.6) is 0 Å². The molecule has 1 amide bonds. The van der Waals surface area contributed by atoms with Gasteiger partial charge in [-0.25, -0.2) is 0 Å². The molecule has 1 heterocycles. The number of methoxy groups -OCH3 is 1. The first-order valence-corrected chi connectivity index (χ1v) is 6.82. The van der Waals surface area contributed by atoms with Gasteiger partial charge in [-0.2, -0.15) is 0 Å².